The van der Waals surface area contributed by atoms with Crippen LogP contribution in [0.15, 0.2) is 53.3 Å². The summed E-state index contributed by atoms with van der Waals surface area (Å²) in [6.45, 7) is 1.67. The molecule has 2 aromatic carbocycles. The Balaban J connectivity index is 1.66. The maximum atomic E-state index is 12.9. The lowest BCUT2D eigenvalue weighted by Crippen LogP contribution is -2.33. The van der Waals surface area contributed by atoms with Crippen molar-refractivity contribution in [3.63, 3.8) is 0 Å². The Labute approximate surface area is 174 Å². The number of halogens is 1. The van der Waals surface area contributed by atoms with Crippen LogP contribution in [0.1, 0.15) is 25.7 Å². The molecule has 0 saturated carbocycles. The Hall–Kier alpha value is -2.86. The third-order valence-corrected chi connectivity index (χ3v) is 5.43. The summed E-state index contributed by atoms with van der Waals surface area (Å²) in [5.41, 5.74) is 0.367. The van der Waals surface area contributed by atoms with E-state index in [1.807, 2.05) is 18.2 Å². The Morgan fingerprint density at radius 1 is 0.966 bits per heavy atom. The number of nitrogens with zero attached hydrogens (tertiary/aromatic N) is 3. The maximum absolute atomic E-state index is 12.9. The molecule has 1 aromatic heterocycles. The number of hydrogen-bond donors (Lipinski definition) is 1. The van der Waals surface area contributed by atoms with Crippen molar-refractivity contribution in [1.29, 1.82) is 0 Å². The van der Waals surface area contributed by atoms with Crippen LogP contribution < -0.4 is 15.8 Å². The molecule has 0 aliphatic carbocycles. The number of benzene rings is 2. The second kappa shape index (κ2) is 8.66. The highest BCUT2D eigenvalue weighted by molar-refractivity contribution is 6.30. The SMILES string of the molecule is O=C(Cn1nc(N2CCCCCC2)c2ccccc2c1=O)Nc1ccc(Cl)cc1. The molecule has 0 radical (unpaired) electrons. The molecule has 1 fully saturated rings. The Kier molecular flexibility index (Phi) is 5.81. The third-order valence-electron chi connectivity index (χ3n) is 5.18. The summed E-state index contributed by atoms with van der Waals surface area (Å²) >= 11 is 5.88. The van der Waals surface area contributed by atoms with E-state index in [-0.39, 0.29) is 18.0 Å². The number of aromatic nitrogens is 2. The molecular weight excluding hydrogens is 388 g/mol. The number of carbonyl (C=O) groups excluding carboxylic acids is 1. The number of anilines is 2. The van der Waals surface area contributed by atoms with Gasteiger partial charge < -0.3 is 10.2 Å². The molecule has 0 bridgehead atoms. The summed E-state index contributed by atoms with van der Waals surface area (Å²) < 4.78 is 1.27. The smallest absolute Gasteiger partial charge is 0.275 e. The number of rotatable bonds is 4. The molecule has 4 rings (SSSR count). The van der Waals surface area contributed by atoms with E-state index in [2.05, 4.69) is 15.3 Å². The molecule has 1 aliphatic rings. The zero-order valence-electron chi connectivity index (χ0n) is 16.1. The predicted octanol–water partition coefficient (Wildman–Crippen LogP) is 4.07. The molecule has 1 amide bonds. The zero-order chi connectivity index (χ0) is 20.2. The van der Waals surface area contributed by atoms with Crippen molar-refractivity contribution in [2.24, 2.45) is 0 Å². The first-order valence-electron chi connectivity index (χ1n) is 9.92. The van der Waals surface area contributed by atoms with Gasteiger partial charge in [-0.25, -0.2) is 4.68 Å². The first-order chi connectivity index (χ1) is 14.1. The number of amides is 1. The van der Waals surface area contributed by atoms with E-state index < -0.39 is 0 Å². The predicted molar refractivity (Wildman–Crippen MR) is 117 cm³/mol. The van der Waals surface area contributed by atoms with E-state index in [1.54, 1.807) is 30.3 Å². The topological polar surface area (TPSA) is 67.2 Å². The minimum atomic E-state index is -0.306. The van der Waals surface area contributed by atoms with Gasteiger partial charge in [-0.15, -0.1) is 0 Å². The van der Waals surface area contributed by atoms with E-state index in [1.165, 1.54) is 17.5 Å². The summed E-state index contributed by atoms with van der Waals surface area (Å²) in [6, 6.07) is 14.3. The molecule has 1 saturated heterocycles. The van der Waals surface area contributed by atoms with Gasteiger partial charge in [0.05, 0.1) is 5.39 Å². The van der Waals surface area contributed by atoms with Gasteiger partial charge in [-0.3, -0.25) is 9.59 Å². The monoisotopic (exact) mass is 410 g/mol. The summed E-state index contributed by atoms with van der Waals surface area (Å²) in [5, 5.41) is 9.42. The highest BCUT2D eigenvalue weighted by Crippen LogP contribution is 2.24. The van der Waals surface area contributed by atoms with Crippen molar-refractivity contribution < 1.29 is 4.79 Å². The molecule has 2 heterocycles. The van der Waals surface area contributed by atoms with Gasteiger partial charge >= 0.3 is 0 Å². The van der Waals surface area contributed by atoms with Crippen LogP contribution >= 0.6 is 11.6 Å². The van der Waals surface area contributed by atoms with Gasteiger partial charge in [0.1, 0.15) is 6.54 Å². The molecule has 1 N–H and O–H groups in total. The number of nitrogens with one attached hydrogen (secondary N) is 1. The highest BCUT2D eigenvalue weighted by Gasteiger charge is 2.18. The Bertz CT molecular complexity index is 1070. The van der Waals surface area contributed by atoms with Gasteiger partial charge in [0, 0.05) is 29.2 Å². The average Bonchev–Trinajstić information content (AvgIpc) is 3.01. The van der Waals surface area contributed by atoms with Crippen LogP contribution in [0.3, 0.4) is 0 Å². The highest BCUT2D eigenvalue weighted by atomic mass is 35.5. The van der Waals surface area contributed by atoms with Crippen LogP contribution in [0.2, 0.25) is 5.02 Å². The average molecular weight is 411 g/mol. The van der Waals surface area contributed by atoms with Gasteiger partial charge in [0.2, 0.25) is 5.91 Å². The van der Waals surface area contributed by atoms with E-state index in [0.717, 1.165) is 37.1 Å². The van der Waals surface area contributed by atoms with Crippen LogP contribution in [0, 0.1) is 0 Å². The van der Waals surface area contributed by atoms with Crippen LogP contribution in [0.5, 0.6) is 0 Å². The second-order valence-electron chi connectivity index (χ2n) is 7.29. The lowest BCUT2D eigenvalue weighted by molar-refractivity contribution is -0.117. The minimum Gasteiger partial charge on any atom is -0.355 e. The van der Waals surface area contributed by atoms with Gasteiger partial charge in [-0.1, -0.05) is 42.6 Å². The summed E-state index contributed by atoms with van der Waals surface area (Å²) in [6.07, 6.45) is 4.62. The van der Waals surface area contributed by atoms with Gasteiger partial charge in [0.15, 0.2) is 5.82 Å². The molecule has 0 spiro atoms. The largest absolute Gasteiger partial charge is 0.355 e. The number of carbonyl (C=O) groups is 1. The lowest BCUT2D eigenvalue weighted by atomic mass is 10.1. The van der Waals surface area contributed by atoms with Crippen molar-refractivity contribution in [2.75, 3.05) is 23.3 Å². The Morgan fingerprint density at radius 3 is 2.31 bits per heavy atom. The van der Waals surface area contributed by atoms with Crippen molar-refractivity contribution in [3.05, 3.63) is 63.9 Å². The Morgan fingerprint density at radius 2 is 1.62 bits per heavy atom. The fraction of sp³-hybridized carbons (Fsp3) is 0.318. The first-order valence-corrected chi connectivity index (χ1v) is 10.3. The second-order valence-corrected chi connectivity index (χ2v) is 7.72. The quantitative estimate of drug-likeness (QED) is 0.704. The van der Waals surface area contributed by atoms with E-state index in [4.69, 9.17) is 11.6 Å². The molecule has 1 aliphatic heterocycles. The molecule has 0 atom stereocenters. The van der Waals surface area contributed by atoms with Crippen LogP contribution in [0.25, 0.3) is 10.8 Å². The van der Waals surface area contributed by atoms with Gasteiger partial charge in [-0.2, -0.15) is 5.10 Å². The van der Waals surface area contributed by atoms with Gasteiger partial charge in [0.25, 0.3) is 5.56 Å². The normalized spacial score (nSPS) is 14.6. The van der Waals surface area contributed by atoms with Crippen molar-refractivity contribution in [2.45, 2.75) is 32.2 Å². The minimum absolute atomic E-state index is 0.146. The maximum Gasteiger partial charge on any atom is 0.275 e. The van der Waals surface area contributed by atoms with Gasteiger partial charge in [-0.05, 0) is 43.2 Å². The molecule has 6 nitrogen and oxygen atoms in total. The number of hydrogen-bond acceptors (Lipinski definition) is 4. The summed E-state index contributed by atoms with van der Waals surface area (Å²) in [4.78, 5) is 27.7. The zero-order valence-corrected chi connectivity index (χ0v) is 16.9. The van der Waals surface area contributed by atoms with Crippen molar-refractivity contribution >= 4 is 39.8 Å². The van der Waals surface area contributed by atoms with E-state index >= 15 is 0 Å². The van der Waals surface area contributed by atoms with Crippen LogP contribution in [-0.2, 0) is 11.3 Å². The first kappa shape index (κ1) is 19.5. The molecule has 29 heavy (non-hydrogen) atoms. The molecule has 150 valence electrons. The molecular formula is C22H23ClN4O2. The van der Waals surface area contributed by atoms with E-state index in [9.17, 15) is 9.59 Å². The fourth-order valence-corrected chi connectivity index (χ4v) is 3.84. The third kappa shape index (κ3) is 4.43. The van der Waals surface area contributed by atoms with Crippen molar-refractivity contribution in [1.82, 2.24) is 9.78 Å². The standard InChI is InChI=1S/C22H23ClN4O2/c23-16-9-11-17(12-10-16)24-20(28)15-27-22(29)19-8-4-3-7-18(19)21(25-27)26-13-5-1-2-6-14-26/h3-4,7-12H,1-2,5-6,13-15H2,(H,24,28). The molecule has 0 unspecified atom stereocenters. The molecule has 7 heteroatoms. The van der Waals surface area contributed by atoms with Crippen LogP contribution in [-0.4, -0.2) is 28.8 Å². The number of fused-ring (bicyclic) bond motifs is 1. The summed E-state index contributed by atoms with van der Waals surface area (Å²) in [7, 11) is 0. The molecule has 3 aromatic rings. The van der Waals surface area contributed by atoms with E-state index in [0.29, 0.717) is 16.1 Å². The lowest BCUT2D eigenvalue weighted by Gasteiger charge is -2.23. The van der Waals surface area contributed by atoms with Crippen molar-refractivity contribution in [3.8, 4) is 0 Å². The fourth-order valence-electron chi connectivity index (χ4n) is 3.71. The van der Waals surface area contributed by atoms with Crippen LogP contribution in [0.4, 0.5) is 11.5 Å². The summed E-state index contributed by atoms with van der Waals surface area (Å²) in [5.74, 6) is 0.473.